The Morgan fingerprint density at radius 2 is 0.886 bits per heavy atom. The van der Waals surface area contributed by atoms with Crippen molar-refractivity contribution in [3.63, 3.8) is 0 Å². The van der Waals surface area contributed by atoms with Crippen molar-refractivity contribution in [1.82, 2.24) is 0 Å². The molecule has 0 saturated heterocycles. The molecule has 0 radical (unpaired) electrons. The second kappa shape index (κ2) is 16.8. The van der Waals surface area contributed by atoms with Gasteiger partial charge in [0.05, 0.1) is 11.4 Å². The topological polar surface area (TPSA) is 6.48 Å². The van der Waals surface area contributed by atoms with Crippen LogP contribution < -0.4 is 9.80 Å². The molecule has 11 rings (SSSR count). The van der Waals surface area contributed by atoms with Crippen LogP contribution in [0.25, 0.3) is 16.7 Å². The molecule has 0 amide bonds. The summed E-state index contributed by atoms with van der Waals surface area (Å²) in [5, 5.41) is 0. The summed E-state index contributed by atoms with van der Waals surface area (Å²) >= 11 is 0. The van der Waals surface area contributed by atoms with Crippen LogP contribution in [0.3, 0.4) is 0 Å². The molecular weight excluding hydrogens is 845 g/mol. The summed E-state index contributed by atoms with van der Waals surface area (Å²) in [7, 11) is 0. The van der Waals surface area contributed by atoms with Crippen LogP contribution in [-0.4, -0.2) is 0 Å². The molecule has 5 aliphatic carbocycles. The predicted octanol–water partition coefficient (Wildman–Crippen LogP) is 19.6. The summed E-state index contributed by atoms with van der Waals surface area (Å²) in [6.07, 6.45) is 13.2. The molecular formula is C68H80N2. The zero-order valence-corrected chi connectivity index (χ0v) is 45.1. The number of rotatable bonds is 11. The fraction of sp³-hybridized carbons (Fsp3) is 0.412. The maximum absolute atomic E-state index is 4.29. The van der Waals surface area contributed by atoms with Gasteiger partial charge in [-0.05, 0) is 228 Å². The van der Waals surface area contributed by atoms with E-state index in [0.29, 0.717) is 5.41 Å². The van der Waals surface area contributed by atoms with Crippen LogP contribution in [0.4, 0.5) is 34.1 Å². The van der Waals surface area contributed by atoms with Gasteiger partial charge in [0, 0.05) is 33.6 Å². The van der Waals surface area contributed by atoms with E-state index in [1.165, 1.54) is 129 Å². The highest BCUT2D eigenvalue weighted by Crippen LogP contribution is 2.77. The Kier molecular flexibility index (Phi) is 11.5. The first-order chi connectivity index (χ1) is 33.1. The van der Waals surface area contributed by atoms with Crippen LogP contribution in [0, 0.1) is 33.1 Å². The number of aryl methyl sites for hydroxylation is 4. The number of benzene rings is 6. The van der Waals surface area contributed by atoms with Crippen LogP contribution in [0.5, 0.6) is 0 Å². The summed E-state index contributed by atoms with van der Waals surface area (Å²) < 4.78 is 0. The van der Waals surface area contributed by atoms with Crippen LogP contribution in [0.15, 0.2) is 128 Å². The summed E-state index contributed by atoms with van der Waals surface area (Å²) in [5.74, 6) is 0. The third kappa shape index (κ3) is 7.39. The highest BCUT2D eigenvalue weighted by molar-refractivity contribution is 5.89. The molecule has 6 aromatic rings. The Morgan fingerprint density at radius 1 is 0.500 bits per heavy atom. The second-order valence-corrected chi connectivity index (χ2v) is 25.0. The third-order valence-electron chi connectivity index (χ3n) is 19.0. The Morgan fingerprint density at radius 3 is 1.29 bits per heavy atom. The molecule has 2 heteroatoms. The average Bonchev–Trinajstić information content (AvgIpc) is 3.58. The number of hydrogen-bond donors (Lipinski definition) is 0. The van der Waals surface area contributed by atoms with Crippen molar-refractivity contribution in [3.8, 4) is 11.1 Å². The van der Waals surface area contributed by atoms with Gasteiger partial charge in [-0.15, -0.1) is 0 Å². The van der Waals surface area contributed by atoms with Gasteiger partial charge >= 0.3 is 0 Å². The summed E-state index contributed by atoms with van der Waals surface area (Å²) in [5.41, 5.74) is 25.9. The summed E-state index contributed by atoms with van der Waals surface area (Å²) in [6, 6.07) is 43.7. The first kappa shape index (κ1) is 48.0. The SMILES string of the molecule is C=CC(=C)c1ccc(N(c2ccc3c(c2)[C@@]24CCC5(CCC2(CC5)c2cc(N(c5ccc(C(C)(CC)CC)cc5)c5c(C)cc(C(C)(C)C)cc5C)ccc2-3)C4)c2c(C)cc(C(C)(C)C)cc2C)cc1. The molecule has 6 aromatic carbocycles. The molecule has 5 aliphatic rings. The highest BCUT2D eigenvalue weighted by Gasteiger charge is 2.69. The molecule has 4 fully saturated rings. The largest absolute Gasteiger partial charge is 0.310 e. The summed E-state index contributed by atoms with van der Waals surface area (Å²) in [6.45, 7) is 38.7. The second-order valence-electron chi connectivity index (χ2n) is 25.0. The van der Waals surface area contributed by atoms with E-state index in [1.807, 2.05) is 6.08 Å². The van der Waals surface area contributed by atoms with Gasteiger partial charge in [0.2, 0.25) is 0 Å². The molecule has 0 N–H and O–H groups in total. The Balaban J connectivity index is 1.18. The van der Waals surface area contributed by atoms with Crippen molar-refractivity contribution in [1.29, 1.82) is 0 Å². The van der Waals surface area contributed by atoms with Crippen molar-refractivity contribution < 1.29 is 0 Å². The minimum absolute atomic E-state index is 0.0540. The molecule has 362 valence electrons. The smallest absolute Gasteiger partial charge is 0.0520 e. The van der Waals surface area contributed by atoms with E-state index in [-0.39, 0.29) is 27.1 Å². The number of nitrogens with zero attached hydrogens (tertiary/aromatic N) is 2. The molecule has 2 nitrogen and oxygen atoms in total. The van der Waals surface area contributed by atoms with Gasteiger partial charge in [0.25, 0.3) is 0 Å². The van der Waals surface area contributed by atoms with Crippen molar-refractivity contribution in [2.24, 2.45) is 5.41 Å². The fourth-order valence-corrected chi connectivity index (χ4v) is 14.3. The molecule has 0 unspecified atom stereocenters. The maximum atomic E-state index is 4.29. The monoisotopic (exact) mass is 925 g/mol. The third-order valence-corrected chi connectivity index (χ3v) is 19.0. The Bertz CT molecular complexity index is 2990. The molecule has 3 spiro atoms. The fourth-order valence-electron chi connectivity index (χ4n) is 14.3. The number of hydrogen-bond acceptors (Lipinski definition) is 2. The first-order valence-electron chi connectivity index (χ1n) is 26.8. The van der Waals surface area contributed by atoms with E-state index in [9.17, 15) is 0 Å². The van der Waals surface area contributed by atoms with E-state index >= 15 is 0 Å². The van der Waals surface area contributed by atoms with Gasteiger partial charge in [-0.2, -0.15) is 0 Å². The zero-order chi connectivity index (χ0) is 49.9. The van der Waals surface area contributed by atoms with E-state index in [1.54, 1.807) is 11.1 Å². The predicted molar refractivity (Wildman–Crippen MR) is 303 cm³/mol. The van der Waals surface area contributed by atoms with Crippen LogP contribution in [0.2, 0.25) is 0 Å². The van der Waals surface area contributed by atoms with Crippen molar-refractivity contribution in [3.05, 3.63) is 184 Å². The van der Waals surface area contributed by atoms with Crippen LogP contribution in [-0.2, 0) is 27.1 Å². The Hall–Kier alpha value is -5.60. The minimum atomic E-state index is 0.0540. The van der Waals surface area contributed by atoms with E-state index in [0.717, 1.165) is 24.0 Å². The zero-order valence-electron chi connectivity index (χ0n) is 45.1. The van der Waals surface area contributed by atoms with Crippen LogP contribution >= 0.6 is 0 Å². The van der Waals surface area contributed by atoms with E-state index in [2.05, 4.69) is 222 Å². The summed E-state index contributed by atoms with van der Waals surface area (Å²) in [4.78, 5) is 5.18. The van der Waals surface area contributed by atoms with Gasteiger partial charge in [-0.1, -0.05) is 142 Å². The minimum Gasteiger partial charge on any atom is -0.310 e. The van der Waals surface area contributed by atoms with Crippen molar-refractivity contribution in [2.75, 3.05) is 9.80 Å². The Labute approximate surface area is 423 Å². The van der Waals surface area contributed by atoms with Gasteiger partial charge < -0.3 is 9.80 Å². The standard InChI is InChI=1S/C68H80N2/c1-16-44(4)49-19-23-53(24-20-49)69(61-45(5)37-51(38-46(61)6)63(9,10)11)56-28-30-58-57-29-27-55(41-59(57)67-34-31-66(32-35-67)33-36-68(67,43-66)60(58)42-56)70(54-25-21-50(22-26-54)65(15,17-2)18-3)62-47(7)39-52(40-48(62)8)64(12,13)14/h16,19-30,37-42H,1,4,17-18,31-36,43H2,2-3,5-15H3/t66?,67?,68-/m0/s1. The molecule has 4 saturated carbocycles. The lowest BCUT2D eigenvalue weighted by atomic mass is 9.41. The number of anilines is 6. The lowest BCUT2D eigenvalue weighted by Crippen LogP contribution is -2.57. The lowest BCUT2D eigenvalue weighted by Gasteiger charge is -2.63. The van der Waals surface area contributed by atoms with Crippen molar-refractivity contribution in [2.45, 2.75) is 175 Å². The van der Waals surface area contributed by atoms with Gasteiger partial charge in [0.15, 0.2) is 0 Å². The number of fused-ring (bicyclic) bond motifs is 5. The maximum Gasteiger partial charge on any atom is 0.0520 e. The highest BCUT2D eigenvalue weighted by atomic mass is 15.2. The van der Waals surface area contributed by atoms with E-state index < -0.39 is 0 Å². The molecule has 3 bridgehead atoms. The molecule has 0 heterocycles. The van der Waals surface area contributed by atoms with Gasteiger partial charge in [0.1, 0.15) is 0 Å². The van der Waals surface area contributed by atoms with Crippen molar-refractivity contribution >= 4 is 39.7 Å². The molecule has 1 atom stereocenters. The number of allylic oxidation sites excluding steroid dienone is 2. The van der Waals surface area contributed by atoms with Gasteiger partial charge in [-0.25, -0.2) is 0 Å². The first-order valence-corrected chi connectivity index (χ1v) is 26.8. The molecule has 0 aliphatic heterocycles. The van der Waals surface area contributed by atoms with Crippen LogP contribution in [0.1, 0.15) is 176 Å². The molecule has 0 aromatic heterocycles. The normalized spacial score (nSPS) is 21.2. The average molecular weight is 925 g/mol. The lowest BCUT2D eigenvalue weighted by molar-refractivity contribution is 0.0159. The molecule has 70 heavy (non-hydrogen) atoms. The quantitative estimate of drug-likeness (QED) is 0.119. The van der Waals surface area contributed by atoms with E-state index in [4.69, 9.17) is 0 Å². The van der Waals surface area contributed by atoms with Gasteiger partial charge in [-0.3, -0.25) is 0 Å².